The SMILES string of the molecule is CC(C)N(C(=O)N1CCCC1)C(C)C. The Kier molecular flexibility index (Phi) is 3.78. The Bertz CT molecular complexity index is 187. The van der Waals surface area contributed by atoms with Gasteiger partial charge < -0.3 is 9.80 Å². The van der Waals surface area contributed by atoms with Gasteiger partial charge in [0.25, 0.3) is 0 Å². The number of rotatable bonds is 2. The topological polar surface area (TPSA) is 23.6 Å². The molecule has 0 aromatic rings. The summed E-state index contributed by atoms with van der Waals surface area (Å²) in [5.74, 6) is 0. The number of hydrogen-bond acceptors (Lipinski definition) is 1. The molecule has 1 fully saturated rings. The third-order valence-electron chi connectivity index (χ3n) is 2.71. The van der Waals surface area contributed by atoms with Crippen molar-refractivity contribution in [3.63, 3.8) is 0 Å². The van der Waals surface area contributed by atoms with E-state index in [1.807, 2.05) is 9.80 Å². The molecule has 0 N–H and O–H groups in total. The molecule has 0 saturated carbocycles. The quantitative estimate of drug-likeness (QED) is 0.668. The first-order valence-electron chi connectivity index (χ1n) is 5.61. The van der Waals surface area contributed by atoms with Gasteiger partial charge in [-0.15, -0.1) is 0 Å². The highest BCUT2D eigenvalue weighted by molar-refractivity contribution is 5.75. The summed E-state index contributed by atoms with van der Waals surface area (Å²) in [5, 5.41) is 0. The predicted molar refractivity (Wildman–Crippen MR) is 58.3 cm³/mol. The lowest BCUT2D eigenvalue weighted by atomic mass is 10.2. The summed E-state index contributed by atoms with van der Waals surface area (Å²) in [7, 11) is 0. The van der Waals surface area contributed by atoms with Crippen LogP contribution in [0.1, 0.15) is 40.5 Å². The second-order valence-corrected chi connectivity index (χ2v) is 4.57. The minimum Gasteiger partial charge on any atom is -0.325 e. The van der Waals surface area contributed by atoms with Crippen molar-refractivity contribution in [3.8, 4) is 0 Å². The van der Waals surface area contributed by atoms with Crippen molar-refractivity contribution in [2.45, 2.75) is 52.6 Å². The van der Waals surface area contributed by atoms with E-state index in [1.165, 1.54) is 0 Å². The van der Waals surface area contributed by atoms with E-state index in [0.717, 1.165) is 25.9 Å². The van der Waals surface area contributed by atoms with Crippen molar-refractivity contribution in [1.82, 2.24) is 9.80 Å². The molecule has 82 valence electrons. The fraction of sp³-hybridized carbons (Fsp3) is 0.909. The largest absolute Gasteiger partial charge is 0.325 e. The monoisotopic (exact) mass is 198 g/mol. The Morgan fingerprint density at radius 1 is 1.07 bits per heavy atom. The molecule has 0 radical (unpaired) electrons. The smallest absolute Gasteiger partial charge is 0.320 e. The second-order valence-electron chi connectivity index (χ2n) is 4.57. The lowest BCUT2D eigenvalue weighted by Crippen LogP contribution is -2.48. The van der Waals surface area contributed by atoms with Gasteiger partial charge in [-0.25, -0.2) is 4.79 Å². The van der Waals surface area contributed by atoms with Crippen molar-refractivity contribution in [2.24, 2.45) is 0 Å². The van der Waals surface area contributed by atoms with E-state index in [2.05, 4.69) is 27.7 Å². The number of hydrogen-bond donors (Lipinski definition) is 0. The van der Waals surface area contributed by atoms with Gasteiger partial charge in [0.05, 0.1) is 0 Å². The third-order valence-corrected chi connectivity index (χ3v) is 2.71. The van der Waals surface area contributed by atoms with Crippen LogP contribution in [-0.4, -0.2) is 41.0 Å². The van der Waals surface area contributed by atoms with Crippen LogP contribution in [0.4, 0.5) is 4.79 Å². The highest BCUT2D eigenvalue weighted by Crippen LogP contribution is 2.14. The standard InChI is InChI=1S/C11H22N2O/c1-9(2)13(10(3)4)11(14)12-7-5-6-8-12/h9-10H,5-8H2,1-4H3. The minimum atomic E-state index is 0.215. The molecule has 1 saturated heterocycles. The Morgan fingerprint density at radius 3 is 1.86 bits per heavy atom. The maximum absolute atomic E-state index is 12.1. The molecule has 0 aromatic heterocycles. The van der Waals surface area contributed by atoms with Gasteiger partial charge in [0, 0.05) is 25.2 Å². The van der Waals surface area contributed by atoms with E-state index < -0.39 is 0 Å². The van der Waals surface area contributed by atoms with Crippen LogP contribution < -0.4 is 0 Å². The molecule has 1 aliphatic heterocycles. The Hall–Kier alpha value is -0.730. The maximum Gasteiger partial charge on any atom is 0.320 e. The third kappa shape index (κ3) is 2.40. The zero-order valence-corrected chi connectivity index (χ0v) is 9.79. The molecule has 0 atom stereocenters. The van der Waals surface area contributed by atoms with Crippen LogP contribution in [0, 0.1) is 0 Å². The molecule has 0 spiro atoms. The van der Waals surface area contributed by atoms with Gasteiger partial charge >= 0.3 is 6.03 Å². The van der Waals surface area contributed by atoms with Gasteiger partial charge in [0.15, 0.2) is 0 Å². The van der Waals surface area contributed by atoms with Crippen molar-refractivity contribution in [2.75, 3.05) is 13.1 Å². The van der Waals surface area contributed by atoms with Crippen LogP contribution in [0.5, 0.6) is 0 Å². The number of nitrogens with zero attached hydrogens (tertiary/aromatic N) is 2. The molecule has 1 aliphatic rings. The molecule has 0 bridgehead atoms. The van der Waals surface area contributed by atoms with Crippen molar-refractivity contribution in [1.29, 1.82) is 0 Å². The van der Waals surface area contributed by atoms with Crippen molar-refractivity contribution >= 4 is 6.03 Å². The van der Waals surface area contributed by atoms with Gasteiger partial charge in [0.2, 0.25) is 0 Å². The van der Waals surface area contributed by atoms with Gasteiger partial charge in [-0.3, -0.25) is 0 Å². The van der Waals surface area contributed by atoms with Crippen LogP contribution in [0.3, 0.4) is 0 Å². The Balaban J connectivity index is 2.62. The zero-order chi connectivity index (χ0) is 10.7. The van der Waals surface area contributed by atoms with E-state index >= 15 is 0 Å². The lowest BCUT2D eigenvalue weighted by molar-refractivity contribution is 0.133. The van der Waals surface area contributed by atoms with Crippen LogP contribution in [0.25, 0.3) is 0 Å². The molecule has 0 aliphatic carbocycles. The number of carbonyl (C=O) groups excluding carboxylic acids is 1. The van der Waals surface area contributed by atoms with E-state index in [0.29, 0.717) is 12.1 Å². The first-order chi connectivity index (χ1) is 6.54. The summed E-state index contributed by atoms with van der Waals surface area (Å²) in [6, 6.07) is 0.804. The van der Waals surface area contributed by atoms with Gasteiger partial charge in [-0.2, -0.15) is 0 Å². The summed E-state index contributed by atoms with van der Waals surface area (Å²) >= 11 is 0. The molecule has 0 aromatic carbocycles. The molecule has 1 heterocycles. The fourth-order valence-electron chi connectivity index (χ4n) is 2.11. The van der Waals surface area contributed by atoms with Crippen molar-refractivity contribution in [3.05, 3.63) is 0 Å². The highest BCUT2D eigenvalue weighted by atomic mass is 16.2. The first kappa shape index (κ1) is 11.3. The van der Waals surface area contributed by atoms with Gasteiger partial charge in [-0.1, -0.05) is 0 Å². The number of amides is 2. The summed E-state index contributed by atoms with van der Waals surface area (Å²) in [5.41, 5.74) is 0. The molecular formula is C11H22N2O. The second kappa shape index (κ2) is 4.67. The summed E-state index contributed by atoms with van der Waals surface area (Å²) in [6.07, 6.45) is 2.32. The molecular weight excluding hydrogens is 176 g/mol. The molecule has 3 nitrogen and oxygen atoms in total. The lowest BCUT2D eigenvalue weighted by Gasteiger charge is -2.34. The summed E-state index contributed by atoms with van der Waals surface area (Å²) < 4.78 is 0. The first-order valence-corrected chi connectivity index (χ1v) is 5.61. The molecule has 14 heavy (non-hydrogen) atoms. The van der Waals surface area contributed by atoms with Crippen molar-refractivity contribution < 1.29 is 4.79 Å². The number of likely N-dealkylation sites (tertiary alicyclic amines) is 1. The molecule has 3 heteroatoms. The number of urea groups is 1. The molecule has 0 unspecified atom stereocenters. The average Bonchev–Trinajstić information content (AvgIpc) is 2.53. The Labute approximate surface area is 87.1 Å². The van der Waals surface area contributed by atoms with E-state index in [9.17, 15) is 4.79 Å². The van der Waals surface area contributed by atoms with Crippen LogP contribution >= 0.6 is 0 Å². The maximum atomic E-state index is 12.1. The van der Waals surface area contributed by atoms with Crippen LogP contribution in [0.2, 0.25) is 0 Å². The number of carbonyl (C=O) groups is 1. The normalized spacial score (nSPS) is 16.9. The van der Waals surface area contributed by atoms with E-state index in [4.69, 9.17) is 0 Å². The fourth-order valence-corrected chi connectivity index (χ4v) is 2.11. The van der Waals surface area contributed by atoms with Gasteiger partial charge in [0.1, 0.15) is 0 Å². The van der Waals surface area contributed by atoms with Gasteiger partial charge in [-0.05, 0) is 40.5 Å². The highest BCUT2D eigenvalue weighted by Gasteiger charge is 2.26. The van der Waals surface area contributed by atoms with E-state index in [1.54, 1.807) is 0 Å². The minimum absolute atomic E-state index is 0.215. The predicted octanol–water partition coefficient (Wildman–Crippen LogP) is 2.32. The Morgan fingerprint density at radius 2 is 1.50 bits per heavy atom. The molecule has 1 rings (SSSR count). The zero-order valence-electron chi connectivity index (χ0n) is 9.79. The van der Waals surface area contributed by atoms with E-state index in [-0.39, 0.29) is 6.03 Å². The summed E-state index contributed by atoms with van der Waals surface area (Å²) in [4.78, 5) is 16.0. The van der Waals surface area contributed by atoms with Crippen LogP contribution in [0.15, 0.2) is 0 Å². The molecule has 2 amide bonds. The van der Waals surface area contributed by atoms with Crippen LogP contribution in [-0.2, 0) is 0 Å². The summed E-state index contributed by atoms with van der Waals surface area (Å²) in [6.45, 7) is 10.2. The average molecular weight is 198 g/mol.